The van der Waals surface area contributed by atoms with Crippen molar-refractivity contribution in [1.82, 2.24) is 0 Å². The van der Waals surface area contributed by atoms with Crippen LogP contribution in [0.15, 0.2) is 237 Å². The molecule has 1 aromatic heterocycles. The molecule has 0 amide bonds. The molecule has 0 unspecified atom stereocenters. The van der Waals surface area contributed by atoms with Gasteiger partial charge in [0, 0.05) is 37.2 Å². The van der Waals surface area contributed by atoms with Crippen molar-refractivity contribution in [2.45, 2.75) is 5.41 Å². The summed E-state index contributed by atoms with van der Waals surface area (Å²) in [6.45, 7) is 0. The molecule has 67 heavy (non-hydrogen) atoms. The van der Waals surface area contributed by atoms with Crippen LogP contribution in [0.4, 0.5) is 17.1 Å². The number of thiophene rings is 1. The molecule has 0 aliphatic heterocycles. The Morgan fingerprint density at radius 1 is 0.284 bits per heavy atom. The first-order valence-corrected chi connectivity index (χ1v) is 24.1. The predicted molar refractivity (Wildman–Crippen MR) is 286 cm³/mol. The number of benzene rings is 12. The zero-order valence-corrected chi connectivity index (χ0v) is 37.2. The molecule has 1 nitrogen and oxygen atoms in total. The lowest BCUT2D eigenvalue weighted by Crippen LogP contribution is -2.26. The normalized spacial score (nSPS) is 13.2. The van der Waals surface area contributed by atoms with Crippen LogP contribution in [-0.4, -0.2) is 0 Å². The van der Waals surface area contributed by atoms with Crippen molar-refractivity contribution in [2.24, 2.45) is 0 Å². The van der Waals surface area contributed by atoms with Crippen molar-refractivity contribution in [3.05, 3.63) is 259 Å². The van der Waals surface area contributed by atoms with E-state index in [1.807, 2.05) is 11.3 Å². The number of rotatable bonds is 4. The molecule has 1 heterocycles. The van der Waals surface area contributed by atoms with Gasteiger partial charge in [-0.05, 0) is 153 Å². The highest BCUT2D eigenvalue weighted by Crippen LogP contribution is 2.63. The number of fused-ring (bicyclic) bond motifs is 20. The van der Waals surface area contributed by atoms with Gasteiger partial charge >= 0.3 is 0 Å². The fraction of sp³-hybridized carbons (Fsp3) is 0.0154. The minimum atomic E-state index is -0.448. The lowest BCUT2D eigenvalue weighted by atomic mass is 9.70. The zero-order chi connectivity index (χ0) is 43.8. The molecule has 2 aliphatic carbocycles. The number of anilines is 3. The molecule has 310 valence electrons. The van der Waals surface area contributed by atoms with Gasteiger partial charge in [0.1, 0.15) is 0 Å². The van der Waals surface area contributed by atoms with Crippen LogP contribution in [0.3, 0.4) is 0 Å². The summed E-state index contributed by atoms with van der Waals surface area (Å²) >= 11 is 1.89. The Bertz CT molecular complexity index is 4130. The first kappa shape index (κ1) is 37.0. The monoisotopic (exact) mass is 865 g/mol. The minimum absolute atomic E-state index is 0.448. The molecule has 12 aromatic carbocycles. The van der Waals surface area contributed by atoms with Crippen molar-refractivity contribution in [2.75, 3.05) is 4.90 Å². The molecular weight excluding hydrogens is 827 g/mol. The summed E-state index contributed by atoms with van der Waals surface area (Å²) in [5.41, 5.74) is 16.0. The molecule has 0 bridgehead atoms. The molecule has 1 spiro atoms. The van der Waals surface area contributed by atoms with Crippen LogP contribution >= 0.6 is 11.3 Å². The Labute approximate surface area is 392 Å². The van der Waals surface area contributed by atoms with Crippen LogP contribution in [-0.2, 0) is 5.41 Å². The summed E-state index contributed by atoms with van der Waals surface area (Å²) in [7, 11) is 0. The van der Waals surface area contributed by atoms with Gasteiger partial charge in [-0.3, -0.25) is 0 Å². The Balaban J connectivity index is 0.966. The highest BCUT2D eigenvalue weighted by Gasteiger charge is 2.51. The molecular formula is C65H39NS. The average molecular weight is 866 g/mol. The van der Waals surface area contributed by atoms with E-state index >= 15 is 0 Å². The Kier molecular flexibility index (Phi) is 7.65. The van der Waals surface area contributed by atoms with Crippen molar-refractivity contribution < 1.29 is 0 Å². The van der Waals surface area contributed by atoms with E-state index in [4.69, 9.17) is 0 Å². The summed E-state index contributed by atoms with van der Waals surface area (Å²) in [4.78, 5) is 2.49. The molecule has 2 heteroatoms. The first-order valence-electron chi connectivity index (χ1n) is 23.2. The smallest absolute Gasteiger partial charge is 0.0726 e. The highest BCUT2D eigenvalue weighted by atomic mass is 32.1. The molecule has 0 N–H and O–H groups in total. The molecule has 0 radical (unpaired) electrons. The van der Waals surface area contributed by atoms with E-state index in [0.29, 0.717) is 0 Å². The standard InChI is InChI=1S/C65H39NS/c1-2-15-42-37-63-57(36-41(42)14-1)64-46(23-13-27-62(64)67-63)40-28-30-43(31-29-40)66(44-32-34-51-49-18-4-3-16-47(49)48-17-5-6-19-50(48)56(51)38-44)45-33-35-55-54-22-9-12-26-60(54)65(61(55)39-45)58-24-10-7-20-52(58)53-21-8-11-25-59(53)65/h1-39H. The maximum absolute atomic E-state index is 2.51. The number of hydrogen-bond acceptors (Lipinski definition) is 2. The van der Waals surface area contributed by atoms with Gasteiger partial charge in [0.15, 0.2) is 0 Å². The highest BCUT2D eigenvalue weighted by molar-refractivity contribution is 7.26. The Morgan fingerprint density at radius 2 is 0.761 bits per heavy atom. The summed E-state index contributed by atoms with van der Waals surface area (Å²) in [6, 6.07) is 88.9. The van der Waals surface area contributed by atoms with Crippen molar-refractivity contribution in [3.8, 4) is 33.4 Å². The predicted octanol–water partition coefficient (Wildman–Crippen LogP) is 18.1. The van der Waals surface area contributed by atoms with Crippen LogP contribution in [0.5, 0.6) is 0 Å². The van der Waals surface area contributed by atoms with Gasteiger partial charge in [-0.25, -0.2) is 0 Å². The van der Waals surface area contributed by atoms with E-state index in [0.717, 1.165) is 17.1 Å². The zero-order valence-electron chi connectivity index (χ0n) is 36.4. The fourth-order valence-corrected chi connectivity index (χ4v) is 13.4. The number of nitrogens with zero attached hydrogens (tertiary/aromatic N) is 1. The minimum Gasteiger partial charge on any atom is -0.310 e. The third kappa shape index (κ3) is 5.08. The Hall–Kier alpha value is -8.30. The van der Waals surface area contributed by atoms with Crippen LogP contribution in [0, 0.1) is 0 Å². The first-order chi connectivity index (χ1) is 33.2. The third-order valence-corrected chi connectivity index (χ3v) is 16.1. The summed E-state index contributed by atoms with van der Waals surface area (Å²) in [5, 5.41) is 12.8. The SMILES string of the molecule is c1ccc2c(c1)-c1ccccc1C21c2ccccc2-c2ccc(N(c3ccc(-c4cccc5sc6cc7ccccc7cc6c45)cc3)c3ccc4c5ccccc5c5ccccc5c4c3)cc21. The fourth-order valence-electron chi connectivity index (χ4n) is 12.2. The molecule has 0 fully saturated rings. The quantitative estimate of drug-likeness (QED) is 0.159. The van der Waals surface area contributed by atoms with Crippen molar-refractivity contribution in [3.63, 3.8) is 0 Å². The molecule has 0 atom stereocenters. The van der Waals surface area contributed by atoms with E-state index < -0.39 is 5.41 Å². The summed E-state index contributed by atoms with van der Waals surface area (Å²) < 4.78 is 2.64. The maximum atomic E-state index is 2.51. The van der Waals surface area contributed by atoms with Crippen LogP contribution in [0.2, 0.25) is 0 Å². The van der Waals surface area contributed by atoms with E-state index in [1.165, 1.54) is 119 Å². The van der Waals surface area contributed by atoms with Crippen molar-refractivity contribution >= 4 is 91.7 Å². The summed E-state index contributed by atoms with van der Waals surface area (Å²) in [5.74, 6) is 0. The molecule has 13 aromatic rings. The average Bonchev–Trinajstić information content (AvgIpc) is 4.02. The van der Waals surface area contributed by atoms with Gasteiger partial charge in [-0.2, -0.15) is 0 Å². The van der Waals surface area contributed by atoms with E-state index in [-0.39, 0.29) is 0 Å². The largest absolute Gasteiger partial charge is 0.310 e. The van der Waals surface area contributed by atoms with Gasteiger partial charge in [0.05, 0.1) is 5.41 Å². The molecule has 0 saturated carbocycles. The van der Waals surface area contributed by atoms with Gasteiger partial charge in [-0.1, -0.05) is 182 Å². The van der Waals surface area contributed by atoms with Crippen LogP contribution in [0.1, 0.15) is 22.3 Å². The van der Waals surface area contributed by atoms with Gasteiger partial charge in [0.25, 0.3) is 0 Å². The lowest BCUT2D eigenvalue weighted by molar-refractivity contribution is 0.793. The second-order valence-corrected chi connectivity index (χ2v) is 19.4. The third-order valence-electron chi connectivity index (χ3n) is 15.0. The molecule has 2 aliphatic rings. The van der Waals surface area contributed by atoms with E-state index in [9.17, 15) is 0 Å². The number of hydrogen-bond donors (Lipinski definition) is 0. The topological polar surface area (TPSA) is 3.24 Å². The molecule has 15 rings (SSSR count). The van der Waals surface area contributed by atoms with Crippen molar-refractivity contribution in [1.29, 1.82) is 0 Å². The second-order valence-electron chi connectivity index (χ2n) is 18.3. The van der Waals surface area contributed by atoms with Gasteiger partial charge in [0.2, 0.25) is 0 Å². The summed E-state index contributed by atoms with van der Waals surface area (Å²) in [6.07, 6.45) is 0. The lowest BCUT2D eigenvalue weighted by Gasteiger charge is -2.32. The van der Waals surface area contributed by atoms with E-state index in [1.54, 1.807) is 0 Å². The molecule has 0 saturated heterocycles. The van der Waals surface area contributed by atoms with Crippen LogP contribution < -0.4 is 4.90 Å². The van der Waals surface area contributed by atoms with E-state index in [2.05, 4.69) is 241 Å². The van der Waals surface area contributed by atoms with Gasteiger partial charge < -0.3 is 4.90 Å². The van der Waals surface area contributed by atoms with Crippen LogP contribution in [0.25, 0.3) is 96.6 Å². The maximum Gasteiger partial charge on any atom is 0.0726 e. The Morgan fingerprint density at radius 3 is 1.40 bits per heavy atom. The second kappa shape index (κ2) is 13.9. The van der Waals surface area contributed by atoms with Gasteiger partial charge in [-0.15, -0.1) is 11.3 Å².